The molecule has 0 saturated carbocycles. The van der Waals surface area contributed by atoms with Crippen molar-refractivity contribution in [3.63, 3.8) is 0 Å². The average molecular weight is 202 g/mol. The molecule has 0 radical (unpaired) electrons. The smallest absolute Gasteiger partial charge is 0.0479 e. The van der Waals surface area contributed by atoms with Crippen LogP contribution in [-0.2, 0) is 0 Å². The maximum Gasteiger partial charge on any atom is 0.0479 e. The molecule has 1 rings (SSSR count). The SMILES string of the molecule is Cc1cc(N)cc(C(C)S)c1Cl. The molecule has 0 aliphatic rings. The van der Waals surface area contributed by atoms with Crippen LogP contribution in [0.25, 0.3) is 0 Å². The molecular weight excluding hydrogens is 190 g/mol. The summed E-state index contributed by atoms with van der Waals surface area (Å²) in [6.45, 7) is 3.92. The van der Waals surface area contributed by atoms with Crippen molar-refractivity contribution >= 4 is 29.9 Å². The second kappa shape index (κ2) is 3.58. The lowest BCUT2D eigenvalue weighted by Crippen LogP contribution is -1.93. The molecule has 3 heteroatoms. The van der Waals surface area contributed by atoms with Gasteiger partial charge in [-0.05, 0) is 37.1 Å². The number of halogens is 1. The van der Waals surface area contributed by atoms with Crippen LogP contribution in [-0.4, -0.2) is 0 Å². The number of nitrogens with two attached hydrogens (primary N) is 1. The van der Waals surface area contributed by atoms with Gasteiger partial charge in [0.15, 0.2) is 0 Å². The fourth-order valence-corrected chi connectivity index (χ4v) is 1.68. The largest absolute Gasteiger partial charge is 0.399 e. The lowest BCUT2D eigenvalue weighted by molar-refractivity contribution is 1.11. The van der Waals surface area contributed by atoms with E-state index in [1.165, 1.54) is 0 Å². The lowest BCUT2D eigenvalue weighted by atomic mass is 10.1. The fourth-order valence-electron chi connectivity index (χ4n) is 1.13. The molecule has 0 bridgehead atoms. The Kier molecular flexibility index (Phi) is 2.91. The molecule has 66 valence electrons. The molecule has 1 unspecified atom stereocenters. The minimum Gasteiger partial charge on any atom is -0.399 e. The van der Waals surface area contributed by atoms with E-state index in [9.17, 15) is 0 Å². The third-order valence-electron chi connectivity index (χ3n) is 1.76. The van der Waals surface area contributed by atoms with E-state index in [0.29, 0.717) is 0 Å². The summed E-state index contributed by atoms with van der Waals surface area (Å²) in [5, 5.41) is 0.895. The zero-order valence-electron chi connectivity index (χ0n) is 7.13. The molecule has 0 aliphatic carbocycles. The molecule has 0 aliphatic heterocycles. The van der Waals surface area contributed by atoms with Crippen molar-refractivity contribution in [3.05, 3.63) is 28.3 Å². The topological polar surface area (TPSA) is 26.0 Å². The highest BCUT2D eigenvalue weighted by Crippen LogP contribution is 2.31. The van der Waals surface area contributed by atoms with Crippen molar-refractivity contribution in [3.8, 4) is 0 Å². The van der Waals surface area contributed by atoms with E-state index in [4.69, 9.17) is 17.3 Å². The maximum absolute atomic E-state index is 6.06. The molecule has 0 heterocycles. The molecule has 0 saturated heterocycles. The van der Waals surface area contributed by atoms with E-state index in [1.807, 2.05) is 26.0 Å². The van der Waals surface area contributed by atoms with Gasteiger partial charge in [-0.3, -0.25) is 0 Å². The molecule has 0 spiro atoms. The summed E-state index contributed by atoms with van der Waals surface area (Å²) >= 11 is 10.4. The van der Waals surface area contributed by atoms with E-state index in [-0.39, 0.29) is 5.25 Å². The van der Waals surface area contributed by atoms with Gasteiger partial charge in [0.25, 0.3) is 0 Å². The van der Waals surface area contributed by atoms with Crippen molar-refractivity contribution in [2.24, 2.45) is 0 Å². The zero-order valence-corrected chi connectivity index (χ0v) is 8.78. The monoisotopic (exact) mass is 201 g/mol. The van der Waals surface area contributed by atoms with Crippen molar-refractivity contribution in [1.29, 1.82) is 0 Å². The molecule has 0 amide bonds. The van der Waals surface area contributed by atoms with Gasteiger partial charge in [0.1, 0.15) is 0 Å². The van der Waals surface area contributed by atoms with Crippen LogP contribution < -0.4 is 5.73 Å². The van der Waals surface area contributed by atoms with Crippen LogP contribution >= 0.6 is 24.2 Å². The van der Waals surface area contributed by atoms with Crippen LogP contribution in [0, 0.1) is 6.92 Å². The molecule has 1 nitrogen and oxygen atoms in total. The standard InChI is InChI=1S/C9H12ClNS/c1-5-3-7(11)4-8(6(2)12)9(5)10/h3-4,6,12H,11H2,1-2H3. The van der Waals surface area contributed by atoms with Gasteiger partial charge in [0.05, 0.1) is 0 Å². The van der Waals surface area contributed by atoms with Gasteiger partial charge in [-0.2, -0.15) is 12.6 Å². The zero-order chi connectivity index (χ0) is 9.30. The highest BCUT2D eigenvalue weighted by molar-refractivity contribution is 7.80. The van der Waals surface area contributed by atoms with E-state index in [2.05, 4.69) is 12.6 Å². The van der Waals surface area contributed by atoms with Gasteiger partial charge >= 0.3 is 0 Å². The van der Waals surface area contributed by atoms with E-state index in [1.54, 1.807) is 0 Å². The van der Waals surface area contributed by atoms with Gasteiger partial charge in [-0.1, -0.05) is 11.6 Å². The van der Waals surface area contributed by atoms with Crippen molar-refractivity contribution in [1.82, 2.24) is 0 Å². The number of hydrogen-bond acceptors (Lipinski definition) is 2. The number of benzene rings is 1. The summed E-state index contributed by atoms with van der Waals surface area (Å²) in [4.78, 5) is 0. The Labute approximate surface area is 83.3 Å². The lowest BCUT2D eigenvalue weighted by Gasteiger charge is -2.10. The van der Waals surface area contributed by atoms with Crippen LogP contribution in [0.15, 0.2) is 12.1 Å². The Balaban J connectivity index is 3.28. The van der Waals surface area contributed by atoms with Crippen molar-refractivity contribution in [2.75, 3.05) is 5.73 Å². The van der Waals surface area contributed by atoms with Gasteiger partial charge in [-0.15, -0.1) is 0 Å². The van der Waals surface area contributed by atoms with Crippen LogP contribution in [0.2, 0.25) is 5.02 Å². The number of hydrogen-bond donors (Lipinski definition) is 2. The highest BCUT2D eigenvalue weighted by Gasteiger charge is 2.08. The number of rotatable bonds is 1. The summed E-state index contributed by atoms with van der Waals surface area (Å²) < 4.78 is 0. The normalized spacial score (nSPS) is 13.0. The Morgan fingerprint density at radius 2 is 2.08 bits per heavy atom. The number of aryl methyl sites for hydroxylation is 1. The quantitative estimate of drug-likeness (QED) is 0.530. The predicted molar refractivity (Wildman–Crippen MR) is 58.0 cm³/mol. The molecule has 1 aromatic carbocycles. The van der Waals surface area contributed by atoms with E-state index < -0.39 is 0 Å². The van der Waals surface area contributed by atoms with Gasteiger partial charge in [-0.25, -0.2) is 0 Å². The summed E-state index contributed by atoms with van der Waals surface area (Å²) in [5.41, 5.74) is 8.42. The Hall–Kier alpha value is -0.340. The van der Waals surface area contributed by atoms with Crippen molar-refractivity contribution in [2.45, 2.75) is 19.1 Å². The second-order valence-corrected chi connectivity index (χ2v) is 4.07. The molecule has 2 N–H and O–H groups in total. The maximum atomic E-state index is 6.06. The highest BCUT2D eigenvalue weighted by atomic mass is 35.5. The van der Waals surface area contributed by atoms with Crippen LogP contribution in [0.5, 0.6) is 0 Å². The first-order chi connectivity index (χ1) is 5.52. The fraction of sp³-hybridized carbons (Fsp3) is 0.333. The average Bonchev–Trinajstić information content (AvgIpc) is 1.96. The van der Waals surface area contributed by atoms with Crippen molar-refractivity contribution < 1.29 is 0 Å². The number of thiol groups is 1. The Bertz CT molecular complexity index is 297. The molecule has 12 heavy (non-hydrogen) atoms. The van der Waals surface area contributed by atoms with Crippen LogP contribution in [0.4, 0.5) is 5.69 Å². The Morgan fingerprint density at radius 3 is 2.58 bits per heavy atom. The summed E-state index contributed by atoms with van der Waals surface area (Å²) in [6.07, 6.45) is 0. The Morgan fingerprint density at radius 1 is 1.50 bits per heavy atom. The first kappa shape index (κ1) is 9.75. The minimum absolute atomic E-state index is 0.125. The van der Waals surface area contributed by atoms with E-state index in [0.717, 1.165) is 21.8 Å². The molecule has 1 aromatic rings. The van der Waals surface area contributed by atoms with Gasteiger partial charge in [0.2, 0.25) is 0 Å². The summed E-state index contributed by atoms with van der Waals surface area (Å²) in [5.74, 6) is 0. The molecule has 0 fully saturated rings. The van der Waals surface area contributed by atoms with Crippen LogP contribution in [0.3, 0.4) is 0 Å². The number of anilines is 1. The van der Waals surface area contributed by atoms with Gasteiger partial charge in [0, 0.05) is 16.0 Å². The van der Waals surface area contributed by atoms with Gasteiger partial charge < -0.3 is 5.73 Å². The first-order valence-corrected chi connectivity index (χ1v) is 4.65. The summed E-state index contributed by atoms with van der Waals surface area (Å²) in [6, 6.07) is 3.73. The first-order valence-electron chi connectivity index (χ1n) is 3.76. The third kappa shape index (κ3) is 1.87. The minimum atomic E-state index is 0.125. The third-order valence-corrected chi connectivity index (χ3v) is 2.55. The second-order valence-electron chi connectivity index (χ2n) is 2.92. The number of nitrogen functional groups attached to an aromatic ring is 1. The predicted octanol–water partition coefficient (Wildman–Crippen LogP) is 3.22. The van der Waals surface area contributed by atoms with E-state index >= 15 is 0 Å². The van der Waals surface area contributed by atoms with Crippen LogP contribution in [0.1, 0.15) is 23.3 Å². The molecule has 1 atom stereocenters. The summed E-state index contributed by atoms with van der Waals surface area (Å²) in [7, 11) is 0. The molecule has 0 aromatic heterocycles. The molecular formula is C9H12ClNS.